The maximum Gasteiger partial charge on any atom is 0.255 e. The monoisotopic (exact) mass is 397 g/mol. The third kappa shape index (κ3) is 4.58. The van der Waals surface area contributed by atoms with Crippen molar-refractivity contribution < 1.29 is 9.59 Å². The highest BCUT2D eigenvalue weighted by molar-refractivity contribution is 6.05. The standard InChI is InChI=1S/C25H23N3O2/c26-22-7-3-4-8-23(22)28-25(30)18-12-9-17(10-13-18)11-14-24(29)27-21-15-19-5-1-2-6-20(19)16-21/h1-14,21H,15-16,26H2,(H,27,29)(H,28,30)/b14-11+. The van der Waals surface area contributed by atoms with Crippen molar-refractivity contribution in [2.75, 3.05) is 11.1 Å². The number of amides is 2. The van der Waals surface area contributed by atoms with Gasteiger partial charge in [0.1, 0.15) is 0 Å². The minimum Gasteiger partial charge on any atom is -0.397 e. The molecule has 5 heteroatoms. The van der Waals surface area contributed by atoms with Crippen molar-refractivity contribution in [3.05, 3.63) is 101 Å². The van der Waals surface area contributed by atoms with E-state index in [1.165, 1.54) is 17.2 Å². The molecular weight excluding hydrogens is 374 g/mol. The number of benzene rings is 3. The van der Waals surface area contributed by atoms with Gasteiger partial charge in [-0.05, 0) is 59.9 Å². The smallest absolute Gasteiger partial charge is 0.255 e. The van der Waals surface area contributed by atoms with Crippen LogP contribution >= 0.6 is 0 Å². The normalized spacial score (nSPS) is 13.2. The average molecular weight is 397 g/mol. The number of carbonyl (C=O) groups excluding carboxylic acids is 2. The topological polar surface area (TPSA) is 84.2 Å². The maximum absolute atomic E-state index is 12.4. The Morgan fingerprint density at radius 2 is 1.50 bits per heavy atom. The molecule has 4 rings (SSSR count). The van der Waals surface area contributed by atoms with Crippen LogP contribution in [0.3, 0.4) is 0 Å². The third-order valence-corrected chi connectivity index (χ3v) is 5.21. The zero-order valence-electron chi connectivity index (χ0n) is 16.5. The Hall–Kier alpha value is -3.86. The first kappa shape index (κ1) is 19.5. The largest absolute Gasteiger partial charge is 0.397 e. The van der Waals surface area contributed by atoms with Crippen LogP contribution in [-0.2, 0) is 17.6 Å². The summed E-state index contributed by atoms with van der Waals surface area (Å²) in [6.07, 6.45) is 5.01. The van der Waals surface area contributed by atoms with Gasteiger partial charge in [0.2, 0.25) is 5.91 Å². The van der Waals surface area contributed by atoms with E-state index in [9.17, 15) is 9.59 Å². The van der Waals surface area contributed by atoms with E-state index in [-0.39, 0.29) is 17.9 Å². The van der Waals surface area contributed by atoms with Crippen molar-refractivity contribution in [1.29, 1.82) is 0 Å². The summed E-state index contributed by atoms with van der Waals surface area (Å²) in [5, 5.41) is 5.85. The predicted octanol–water partition coefficient (Wildman–Crippen LogP) is 3.82. The van der Waals surface area contributed by atoms with Crippen LogP contribution in [0.15, 0.2) is 78.9 Å². The Balaban J connectivity index is 1.32. The Morgan fingerprint density at radius 3 is 2.17 bits per heavy atom. The molecule has 3 aromatic rings. The number of hydrogen-bond donors (Lipinski definition) is 3. The molecule has 3 aromatic carbocycles. The summed E-state index contributed by atoms with van der Waals surface area (Å²) < 4.78 is 0. The van der Waals surface area contributed by atoms with Crippen LogP contribution < -0.4 is 16.4 Å². The van der Waals surface area contributed by atoms with Gasteiger partial charge in [0.05, 0.1) is 11.4 Å². The first-order valence-electron chi connectivity index (χ1n) is 9.90. The fourth-order valence-corrected chi connectivity index (χ4v) is 3.63. The highest BCUT2D eigenvalue weighted by Crippen LogP contribution is 2.21. The molecule has 5 nitrogen and oxygen atoms in total. The number of fused-ring (bicyclic) bond motifs is 1. The first-order chi connectivity index (χ1) is 14.6. The molecule has 30 heavy (non-hydrogen) atoms. The van der Waals surface area contributed by atoms with E-state index in [1.807, 2.05) is 24.3 Å². The molecule has 0 aromatic heterocycles. The lowest BCUT2D eigenvalue weighted by Crippen LogP contribution is -2.34. The van der Waals surface area contributed by atoms with E-state index in [4.69, 9.17) is 5.73 Å². The fraction of sp³-hybridized carbons (Fsp3) is 0.120. The summed E-state index contributed by atoms with van der Waals surface area (Å²) in [4.78, 5) is 24.6. The van der Waals surface area contributed by atoms with Gasteiger partial charge in [0, 0.05) is 17.7 Å². The fourth-order valence-electron chi connectivity index (χ4n) is 3.63. The Bertz CT molecular complexity index is 1080. The van der Waals surface area contributed by atoms with Gasteiger partial charge in [0.25, 0.3) is 5.91 Å². The van der Waals surface area contributed by atoms with Gasteiger partial charge < -0.3 is 16.4 Å². The van der Waals surface area contributed by atoms with Crippen molar-refractivity contribution in [2.45, 2.75) is 18.9 Å². The van der Waals surface area contributed by atoms with Crippen LogP contribution in [0, 0.1) is 0 Å². The summed E-state index contributed by atoms with van der Waals surface area (Å²) in [6.45, 7) is 0. The number of carbonyl (C=O) groups is 2. The molecule has 4 N–H and O–H groups in total. The van der Waals surface area contributed by atoms with Crippen LogP contribution in [0.5, 0.6) is 0 Å². The molecule has 2 amide bonds. The number of para-hydroxylation sites is 2. The van der Waals surface area contributed by atoms with Gasteiger partial charge in [-0.1, -0.05) is 48.5 Å². The number of nitrogens with two attached hydrogens (primary N) is 1. The second kappa shape index (κ2) is 8.66. The molecule has 0 saturated carbocycles. The second-order valence-electron chi connectivity index (χ2n) is 7.38. The van der Waals surface area contributed by atoms with Crippen molar-refractivity contribution in [2.24, 2.45) is 0 Å². The number of nitrogens with one attached hydrogen (secondary N) is 2. The molecule has 0 heterocycles. The first-order valence-corrected chi connectivity index (χ1v) is 9.90. The van der Waals surface area contributed by atoms with E-state index in [2.05, 4.69) is 22.8 Å². The zero-order valence-corrected chi connectivity index (χ0v) is 16.5. The number of nitrogen functional groups attached to an aromatic ring is 1. The molecule has 0 unspecified atom stereocenters. The van der Waals surface area contributed by atoms with Gasteiger partial charge in [0.15, 0.2) is 0 Å². The molecule has 0 spiro atoms. The Morgan fingerprint density at radius 1 is 0.867 bits per heavy atom. The van der Waals surface area contributed by atoms with E-state index in [0.29, 0.717) is 16.9 Å². The summed E-state index contributed by atoms with van der Waals surface area (Å²) in [5.74, 6) is -0.351. The summed E-state index contributed by atoms with van der Waals surface area (Å²) in [7, 11) is 0. The minimum atomic E-state index is -0.234. The SMILES string of the molecule is Nc1ccccc1NC(=O)c1ccc(/C=C/C(=O)NC2Cc3ccccc3C2)cc1. The Kier molecular flexibility index (Phi) is 5.61. The van der Waals surface area contributed by atoms with Crippen molar-refractivity contribution in [3.8, 4) is 0 Å². The maximum atomic E-state index is 12.4. The van der Waals surface area contributed by atoms with Crippen LogP contribution in [0.25, 0.3) is 6.08 Å². The van der Waals surface area contributed by atoms with Crippen molar-refractivity contribution in [1.82, 2.24) is 5.32 Å². The molecule has 0 bridgehead atoms. The van der Waals surface area contributed by atoms with Gasteiger partial charge >= 0.3 is 0 Å². The van der Waals surface area contributed by atoms with Crippen molar-refractivity contribution in [3.63, 3.8) is 0 Å². The lowest BCUT2D eigenvalue weighted by Gasteiger charge is -2.09. The van der Waals surface area contributed by atoms with E-state index < -0.39 is 0 Å². The van der Waals surface area contributed by atoms with Gasteiger partial charge in [-0.3, -0.25) is 9.59 Å². The molecule has 1 aliphatic rings. The van der Waals surface area contributed by atoms with Gasteiger partial charge in [-0.25, -0.2) is 0 Å². The number of anilines is 2. The molecule has 150 valence electrons. The molecule has 1 aliphatic carbocycles. The van der Waals surface area contributed by atoms with E-state index in [0.717, 1.165) is 18.4 Å². The zero-order chi connectivity index (χ0) is 20.9. The van der Waals surface area contributed by atoms with Crippen LogP contribution in [-0.4, -0.2) is 17.9 Å². The summed E-state index contributed by atoms with van der Waals surface area (Å²) in [6, 6.07) is 22.6. The lowest BCUT2D eigenvalue weighted by atomic mass is 10.1. The highest BCUT2D eigenvalue weighted by Gasteiger charge is 2.21. The average Bonchev–Trinajstić information content (AvgIpc) is 3.16. The van der Waals surface area contributed by atoms with Crippen LogP contribution in [0.1, 0.15) is 27.0 Å². The molecular formula is C25H23N3O2. The molecule has 0 atom stereocenters. The summed E-state index contributed by atoms with van der Waals surface area (Å²) >= 11 is 0. The van der Waals surface area contributed by atoms with Crippen LogP contribution in [0.4, 0.5) is 11.4 Å². The molecule has 0 aliphatic heterocycles. The van der Waals surface area contributed by atoms with Crippen molar-refractivity contribution >= 4 is 29.3 Å². The molecule has 0 saturated heterocycles. The summed E-state index contributed by atoms with van der Waals surface area (Å²) in [5.41, 5.74) is 10.9. The van der Waals surface area contributed by atoms with Gasteiger partial charge in [-0.15, -0.1) is 0 Å². The van der Waals surface area contributed by atoms with E-state index >= 15 is 0 Å². The third-order valence-electron chi connectivity index (χ3n) is 5.21. The lowest BCUT2D eigenvalue weighted by molar-refractivity contribution is -0.117. The van der Waals surface area contributed by atoms with Gasteiger partial charge in [-0.2, -0.15) is 0 Å². The second-order valence-corrected chi connectivity index (χ2v) is 7.38. The predicted molar refractivity (Wildman–Crippen MR) is 120 cm³/mol. The van der Waals surface area contributed by atoms with E-state index in [1.54, 1.807) is 42.5 Å². The number of hydrogen-bond acceptors (Lipinski definition) is 3. The number of rotatable bonds is 5. The highest BCUT2D eigenvalue weighted by atomic mass is 16.2. The Labute approximate surface area is 175 Å². The molecule has 0 radical (unpaired) electrons. The molecule has 0 fully saturated rings. The minimum absolute atomic E-state index is 0.117. The quantitative estimate of drug-likeness (QED) is 0.452. The van der Waals surface area contributed by atoms with Crippen LogP contribution in [0.2, 0.25) is 0 Å².